The van der Waals surface area contributed by atoms with Crippen LogP contribution in [0.3, 0.4) is 0 Å². The van der Waals surface area contributed by atoms with Crippen LogP contribution in [0.1, 0.15) is 32.8 Å². The molecule has 3 aromatic carbocycles. The van der Waals surface area contributed by atoms with Crippen molar-refractivity contribution in [2.24, 2.45) is 10.2 Å². The Hall–Kier alpha value is -4.76. The van der Waals surface area contributed by atoms with Crippen molar-refractivity contribution in [1.29, 1.82) is 0 Å². The van der Waals surface area contributed by atoms with Crippen LogP contribution in [0, 0.1) is 0 Å². The van der Waals surface area contributed by atoms with Crippen molar-refractivity contribution in [2.75, 3.05) is 7.11 Å². The van der Waals surface area contributed by atoms with Gasteiger partial charge in [0, 0.05) is 6.42 Å². The van der Waals surface area contributed by atoms with Crippen LogP contribution in [-0.2, 0) is 10.3 Å². The first-order valence-corrected chi connectivity index (χ1v) is 12.7. The molecule has 8 nitrogen and oxygen atoms in total. The van der Waals surface area contributed by atoms with E-state index in [0.717, 1.165) is 11.1 Å². The number of thiophene rings is 1. The number of ether oxygens (including phenoxy) is 2. The summed E-state index contributed by atoms with van der Waals surface area (Å²) >= 11 is 1.30. The van der Waals surface area contributed by atoms with E-state index in [1.54, 1.807) is 35.7 Å². The lowest BCUT2D eigenvalue weighted by Gasteiger charge is -2.30. The van der Waals surface area contributed by atoms with Crippen LogP contribution in [0.25, 0.3) is 0 Å². The zero-order chi connectivity index (χ0) is 26.4. The van der Waals surface area contributed by atoms with Crippen molar-refractivity contribution in [3.63, 3.8) is 0 Å². The molecule has 5 rings (SSSR count). The highest BCUT2D eigenvalue weighted by molar-refractivity contribution is 7.12. The summed E-state index contributed by atoms with van der Waals surface area (Å²) in [5.74, 6) is -0.211. The van der Waals surface area contributed by atoms with Gasteiger partial charge in [-0.05, 0) is 46.3 Å². The van der Waals surface area contributed by atoms with Crippen molar-refractivity contribution >= 4 is 35.1 Å². The maximum absolute atomic E-state index is 12.9. The maximum Gasteiger partial charge on any atom is 0.353 e. The number of carbonyl (C=O) groups is 2. The Morgan fingerprint density at radius 2 is 1.68 bits per heavy atom. The number of hydrazone groups is 2. The molecule has 0 spiro atoms. The highest BCUT2D eigenvalue weighted by Gasteiger charge is 2.41. The molecule has 0 aliphatic carbocycles. The second-order valence-corrected chi connectivity index (χ2v) is 9.41. The molecule has 1 aromatic heterocycles. The third-order valence-electron chi connectivity index (χ3n) is 6.10. The Morgan fingerprint density at radius 3 is 2.32 bits per heavy atom. The van der Waals surface area contributed by atoms with E-state index in [9.17, 15) is 9.59 Å². The number of carbonyl (C=O) groups excluding carboxylic acids is 2. The summed E-state index contributed by atoms with van der Waals surface area (Å²) in [5, 5.41) is 10.3. The van der Waals surface area contributed by atoms with E-state index in [4.69, 9.17) is 9.47 Å². The monoisotopic (exact) mass is 524 g/mol. The maximum atomic E-state index is 12.9. The lowest BCUT2D eigenvalue weighted by Crippen LogP contribution is -2.38. The van der Waals surface area contributed by atoms with Crippen LogP contribution in [0.2, 0.25) is 0 Å². The first kappa shape index (κ1) is 24.9. The number of hydrogen-bond donors (Lipinski definition) is 2. The SMILES string of the molecule is COc1cc(/C=N/NC(=O)C2=NNC(c3ccccc3)(c3ccccc3)C2)ccc1OC(=O)c1cccs1. The molecule has 38 heavy (non-hydrogen) atoms. The van der Waals surface area contributed by atoms with E-state index >= 15 is 0 Å². The Balaban J connectivity index is 1.26. The van der Waals surface area contributed by atoms with Crippen molar-refractivity contribution in [1.82, 2.24) is 10.9 Å². The first-order chi connectivity index (χ1) is 18.6. The summed E-state index contributed by atoms with van der Waals surface area (Å²) in [6.07, 6.45) is 1.84. The number of nitrogens with one attached hydrogen (secondary N) is 2. The largest absolute Gasteiger partial charge is 0.493 e. The van der Waals surface area contributed by atoms with Crippen molar-refractivity contribution in [2.45, 2.75) is 12.0 Å². The Bertz CT molecular complexity index is 1450. The van der Waals surface area contributed by atoms with E-state index in [1.165, 1.54) is 24.7 Å². The molecule has 190 valence electrons. The molecule has 1 amide bonds. The van der Waals surface area contributed by atoms with E-state index in [0.29, 0.717) is 28.3 Å². The average Bonchev–Trinajstić information content (AvgIpc) is 3.67. The Labute approximate surface area is 223 Å². The number of rotatable bonds is 8. The molecule has 0 unspecified atom stereocenters. The Morgan fingerprint density at radius 1 is 0.974 bits per heavy atom. The van der Waals surface area contributed by atoms with Crippen LogP contribution in [0.15, 0.2) is 107 Å². The molecule has 0 radical (unpaired) electrons. The molecule has 1 aliphatic heterocycles. The van der Waals surface area contributed by atoms with Crippen LogP contribution in [0.4, 0.5) is 0 Å². The number of hydrogen-bond acceptors (Lipinski definition) is 8. The van der Waals surface area contributed by atoms with Gasteiger partial charge >= 0.3 is 5.97 Å². The number of nitrogens with zero attached hydrogens (tertiary/aromatic N) is 2. The van der Waals surface area contributed by atoms with Gasteiger partial charge in [-0.2, -0.15) is 10.2 Å². The van der Waals surface area contributed by atoms with Gasteiger partial charge < -0.3 is 9.47 Å². The van der Waals surface area contributed by atoms with Gasteiger partial charge in [0.05, 0.1) is 13.3 Å². The summed E-state index contributed by atoms with van der Waals surface area (Å²) in [7, 11) is 1.48. The minimum Gasteiger partial charge on any atom is -0.493 e. The van der Waals surface area contributed by atoms with Crippen LogP contribution in [0.5, 0.6) is 11.5 Å². The van der Waals surface area contributed by atoms with Crippen molar-refractivity contribution in [3.05, 3.63) is 118 Å². The summed E-state index contributed by atoms with van der Waals surface area (Å²) in [6.45, 7) is 0. The van der Waals surface area contributed by atoms with Crippen LogP contribution < -0.4 is 20.3 Å². The first-order valence-electron chi connectivity index (χ1n) is 11.8. The molecule has 0 saturated heterocycles. The van der Waals surface area contributed by atoms with Gasteiger partial charge in [0.1, 0.15) is 16.1 Å². The molecule has 0 fully saturated rings. The van der Waals surface area contributed by atoms with Gasteiger partial charge in [-0.1, -0.05) is 66.7 Å². The molecule has 2 N–H and O–H groups in total. The minimum atomic E-state index is -0.650. The number of methoxy groups -OCH3 is 1. The highest BCUT2D eigenvalue weighted by Crippen LogP contribution is 2.36. The van der Waals surface area contributed by atoms with Gasteiger partial charge in [0.25, 0.3) is 5.91 Å². The smallest absolute Gasteiger partial charge is 0.353 e. The van der Waals surface area contributed by atoms with Gasteiger partial charge in [-0.3, -0.25) is 10.2 Å². The second-order valence-electron chi connectivity index (χ2n) is 8.46. The fourth-order valence-corrected chi connectivity index (χ4v) is 4.79. The molecule has 0 saturated carbocycles. The normalized spacial score (nSPS) is 14.0. The van der Waals surface area contributed by atoms with Gasteiger partial charge in [0.2, 0.25) is 0 Å². The summed E-state index contributed by atoms with van der Waals surface area (Å²) < 4.78 is 10.8. The van der Waals surface area contributed by atoms with E-state index < -0.39 is 17.4 Å². The summed E-state index contributed by atoms with van der Waals surface area (Å²) in [4.78, 5) is 25.7. The van der Waals surface area contributed by atoms with E-state index in [-0.39, 0.29) is 5.75 Å². The van der Waals surface area contributed by atoms with Gasteiger partial charge in [0.15, 0.2) is 11.5 Å². The lowest BCUT2D eigenvalue weighted by atomic mass is 9.80. The highest BCUT2D eigenvalue weighted by atomic mass is 32.1. The molecule has 0 bridgehead atoms. The third-order valence-corrected chi connectivity index (χ3v) is 6.95. The molecule has 0 atom stereocenters. The fraction of sp³-hybridized carbons (Fsp3) is 0.103. The van der Waals surface area contributed by atoms with Crippen molar-refractivity contribution in [3.8, 4) is 11.5 Å². The topological polar surface area (TPSA) is 101 Å². The predicted molar refractivity (Wildman–Crippen MR) is 147 cm³/mol. The summed E-state index contributed by atoms with van der Waals surface area (Å²) in [5.41, 5.74) is 8.11. The molecule has 9 heteroatoms. The Kier molecular flexibility index (Phi) is 7.28. The predicted octanol–water partition coefficient (Wildman–Crippen LogP) is 4.72. The lowest BCUT2D eigenvalue weighted by molar-refractivity contribution is -0.114. The minimum absolute atomic E-state index is 0.289. The molecular formula is C29H24N4O4S. The van der Waals surface area contributed by atoms with Crippen LogP contribution in [-0.4, -0.2) is 30.9 Å². The zero-order valence-electron chi connectivity index (χ0n) is 20.5. The zero-order valence-corrected chi connectivity index (χ0v) is 21.3. The quantitative estimate of drug-likeness (QED) is 0.150. The van der Waals surface area contributed by atoms with Gasteiger partial charge in [-0.25, -0.2) is 10.2 Å². The van der Waals surface area contributed by atoms with Crippen LogP contribution >= 0.6 is 11.3 Å². The molecule has 4 aromatic rings. The number of esters is 1. The standard InChI is InChI=1S/C29H24N4O4S/c1-36-25-17-20(14-15-24(25)37-28(35)26-13-8-16-38-26)19-30-32-27(34)23-18-29(33-31-23,21-9-4-2-5-10-21)22-11-6-3-7-12-22/h2-17,19,33H,18H2,1H3,(H,32,34)/b30-19+. The van der Waals surface area contributed by atoms with E-state index in [1.807, 2.05) is 60.7 Å². The van der Waals surface area contributed by atoms with E-state index in [2.05, 4.69) is 21.1 Å². The third kappa shape index (κ3) is 5.18. The average molecular weight is 525 g/mol. The number of benzene rings is 3. The molecule has 2 heterocycles. The van der Waals surface area contributed by atoms with Gasteiger partial charge in [-0.15, -0.1) is 11.3 Å². The number of amides is 1. The second kappa shape index (κ2) is 11.1. The summed E-state index contributed by atoms with van der Waals surface area (Å²) in [6, 6.07) is 28.3. The fourth-order valence-electron chi connectivity index (χ4n) is 4.19. The molecule has 1 aliphatic rings. The van der Waals surface area contributed by atoms with Crippen molar-refractivity contribution < 1.29 is 19.1 Å². The molecular weight excluding hydrogens is 500 g/mol.